The van der Waals surface area contributed by atoms with Gasteiger partial charge < -0.3 is 15.0 Å². The van der Waals surface area contributed by atoms with E-state index in [0.717, 1.165) is 45.2 Å². The second-order valence-corrected chi connectivity index (χ2v) is 8.74. The summed E-state index contributed by atoms with van der Waals surface area (Å²) in [7, 11) is 1.79. The Bertz CT molecular complexity index is 372. The number of ether oxygens (including phenoxy) is 1. The molecule has 0 aromatic carbocycles. The van der Waals surface area contributed by atoms with Crippen LogP contribution in [0.25, 0.3) is 0 Å². The van der Waals surface area contributed by atoms with Crippen molar-refractivity contribution in [2.45, 2.75) is 44.8 Å². The number of guanidine groups is 1. The number of halogens is 1. The maximum Gasteiger partial charge on any atom is 0.194 e. The Labute approximate surface area is 157 Å². The van der Waals surface area contributed by atoms with Crippen LogP contribution in [0.3, 0.4) is 0 Å². The Morgan fingerprint density at radius 3 is 2.64 bits per heavy atom. The lowest BCUT2D eigenvalue weighted by molar-refractivity contribution is 0.174. The van der Waals surface area contributed by atoms with Gasteiger partial charge in [-0.3, -0.25) is 4.99 Å². The Balaban J connectivity index is 0.00000242. The summed E-state index contributed by atoms with van der Waals surface area (Å²) in [6.07, 6.45) is 3.76. The minimum absolute atomic E-state index is 0. The molecule has 0 bridgehead atoms. The highest BCUT2D eigenvalue weighted by atomic mass is 127. The van der Waals surface area contributed by atoms with Gasteiger partial charge in [0.2, 0.25) is 0 Å². The first kappa shape index (κ1) is 20.4. The fourth-order valence-electron chi connectivity index (χ4n) is 2.85. The molecule has 0 aromatic heterocycles. The molecule has 0 spiro atoms. The average molecular weight is 441 g/mol. The Morgan fingerprint density at radius 2 is 2.09 bits per heavy atom. The van der Waals surface area contributed by atoms with Gasteiger partial charge in [-0.05, 0) is 45.4 Å². The minimum Gasteiger partial charge on any atom is -0.385 e. The van der Waals surface area contributed by atoms with Crippen LogP contribution in [0.15, 0.2) is 4.99 Å². The van der Waals surface area contributed by atoms with Crippen molar-refractivity contribution in [1.29, 1.82) is 0 Å². The molecule has 1 saturated carbocycles. The highest BCUT2D eigenvalue weighted by Crippen LogP contribution is 2.49. The number of thioether (sulfide) groups is 1. The maximum absolute atomic E-state index is 5.24. The van der Waals surface area contributed by atoms with Crippen molar-refractivity contribution in [3.63, 3.8) is 0 Å². The molecule has 1 heterocycles. The molecule has 0 radical (unpaired) electrons. The molecular weight excluding hydrogens is 409 g/mol. The van der Waals surface area contributed by atoms with Gasteiger partial charge in [0, 0.05) is 50.4 Å². The van der Waals surface area contributed by atoms with E-state index in [-0.39, 0.29) is 24.0 Å². The number of rotatable bonds is 6. The van der Waals surface area contributed by atoms with E-state index in [9.17, 15) is 0 Å². The molecule has 2 aliphatic rings. The molecule has 1 aliphatic heterocycles. The van der Waals surface area contributed by atoms with E-state index in [1.807, 2.05) is 0 Å². The largest absolute Gasteiger partial charge is 0.385 e. The van der Waals surface area contributed by atoms with Crippen LogP contribution in [-0.4, -0.2) is 61.3 Å². The number of hydrogen-bond acceptors (Lipinski definition) is 3. The van der Waals surface area contributed by atoms with Crippen LogP contribution in [0.2, 0.25) is 0 Å². The van der Waals surface area contributed by atoms with Crippen LogP contribution in [0.4, 0.5) is 0 Å². The Hall–Kier alpha value is 0.310. The van der Waals surface area contributed by atoms with Gasteiger partial charge in [-0.15, -0.1) is 24.0 Å². The Morgan fingerprint density at radius 1 is 1.36 bits per heavy atom. The molecule has 1 N–H and O–H groups in total. The second-order valence-electron chi connectivity index (χ2n) is 6.94. The van der Waals surface area contributed by atoms with Crippen molar-refractivity contribution in [3.8, 4) is 0 Å². The lowest BCUT2D eigenvalue weighted by Crippen LogP contribution is -2.51. The zero-order valence-electron chi connectivity index (χ0n) is 14.5. The van der Waals surface area contributed by atoms with Crippen LogP contribution in [0.5, 0.6) is 0 Å². The summed E-state index contributed by atoms with van der Waals surface area (Å²) in [4.78, 5) is 7.39. The van der Waals surface area contributed by atoms with E-state index in [4.69, 9.17) is 9.73 Å². The highest BCUT2D eigenvalue weighted by Gasteiger charge is 2.42. The summed E-state index contributed by atoms with van der Waals surface area (Å²) >= 11 is 2.07. The van der Waals surface area contributed by atoms with Crippen molar-refractivity contribution in [2.24, 2.45) is 10.4 Å². The van der Waals surface area contributed by atoms with E-state index in [1.54, 1.807) is 7.11 Å². The van der Waals surface area contributed by atoms with Gasteiger partial charge in [-0.25, -0.2) is 0 Å². The quantitative estimate of drug-likeness (QED) is 0.390. The summed E-state index contributed by atoms with van der Waals surface area (Å²) in [5, 5.41) is 3.48. The van der Waals surface area contributed by atoms with Crippen LogP contribution in [0, 0.1) is 5.41 Å². The summed E-state index contributed by atoms with van der Waals surface area (Å²) in [6, 6.07) is 0. The van der Waals surface area contributed by atoms with Crippen LogP contribution < -0.4 is 5.32 Å². The summed E-state index contributed by atoms with van der Waals surface area (Å²) in [5.74, 6) is 2.29. The first-order chi connectivity index (χ1) is 10.0. The molecule has 1 aliphatic carbocycles. The number of nitrogens with one attached hydrogen (secondary N) is 1. The van der Waals surface area contributed by atoms with Gasteiger partial charge in [0.05, 0.1) is 0 Å². The fraction of sp³-hybridized carbons (Fsp3) is 0.938. The van der Waals surface area contributed by atoms with Gasteiger partial charge in [0.25, 0.3) is 0 Å². The van der Waals surface area contributed by atoms with E-state index in [2.05, 4.69) is 42.7 Å². The maximum atomic E-state index is 5.24. The third-order valence-electron chi connectivity index (χ3n) is 4.42. The van der Waals surface area contributed by atoms with Crippen molar-refractivity contribution in [2.75, 3.05) is 45.6 Å². The molecule has 130 valence electrons. The lowest BCUT2D eigenvalue weighted by Gasteiger charge is -2.39. The SMILES string of the molecule is CCNC(=NCC1(CCOC)CC1)N1CCSC(C)(C)C1.I. The minimum atomic E-state index is 0. The molecule has 2 fully saturated rings. The smallest absolute Gasteiger partial charge is 0.194 e. The fourth-order valence-corrected chi connectivity index (χ4v) is 3.96. The molecular formula is C16H32IN3OS. The summed E-state index contributed by atoms with van der Waals surface area (Å²) < 4.78 is 5.56. The highest BCUT2D eigenvalue weighted by molar-refractivity contribution is 14.0. The van der Waals surface area contributed by atoms with Gasteiger partial charge in [0.15, 0.2) is 5.96 Å². The third-order valence-corrected chi connectivity index (χ3v) is 5.72. The first-order valence-corrected chi connectivity index (χ1v) is 9.15. The molecule has 0 amide bonds. The van der Waals surface area contributed by atoms with Crippen molar-refractivity contribution in [1.82, 2.24) is 10.2 Å². The number of nitrogens with zero attached hydrogens (tertiary/aromatic N) is 2. The molecule has 22 heavy (non-hydrogen) atoms. The van der Waals surface area contributed by atoms with E-state index in [1.165, 1.54) is 18.6 Å². The van der Waals surface area contributed by atoms with Crippen molar-refractivity contribution >= 4 is 41.7 Å². The van der Waals surface area contributed by atoms with Gasteiger partial charge in [0.1, 0.15) is 0 Å². The topological polar surface area (TPSA) is 36.9 Å². The molecule has 2 rings (SSSR count). The standard InChI is InChI=1S/C16H31N3OS.HI/c1-5-17-14(19-9-11-21-15(2,3)13-19)18-12-16(6-7-16)8-10-20-4;/h5-13H2,1-4H3,(H,17,18);1H. The van der Waals surface area contributed by atoms with Crippen molar-refractivity contribution in [3.05, 3.63) is 0 Å². The van der Waals surface area contributed by atoms with E-state index >= 15 is 0 Å². The number of methoxy groups -OCH3 is 1. The summed E-state index contributed by atoms with van der Waals surface area (Å²) in [5.41, 5.74) is 0.427. The second kappa shape index (κ2) is 8.97. The molecule has 6 heteroatoms. The van der Waals surface area contributed by atoms with Crippen molar-refractivity contribution < 1.29 is 4.74 Å². The lowest BCUT2D eigenvalue weighted by atomic mass is 10.0. The predicted molar refractivity (Wildman–Crippen MR) is 108 cm³/mol. The molecule has 4 nitrogen and oxygen atoms in total. The zero-order valence-corrected chi connectivity index (χ0v) is 17.6. The van der Waals surface area contributed by atoms with Gasteiger partial charge in [-0.2, -0.15) is 11.8 Å². The summed E-state index contributed by atoms with van der Waals surface area (Å²) in [6.45, 7) is 11.7. The van der Waals surface area contributed by atoms with E-state index < -0.39 is 0 Å². The monoisotopic (exact) mass is 441 g/mol. The molecule has 0 unspecified atom stereocenters. The van der Waals surface area contributed by atoms with Crippen LogP contribution >= 0.6 is 35.7 Å². The van der Waals surface area contributed by atoms with Gasteiger partial charge in [-0.1, -0.05) is 0 Å². The third kappa shape index (κ3) is 6.07. The van der Waals surface area contributed by atoms with E-state index in [0.29, 0.717) is 10.2 Å². The number of hydrogen-bond donors (Lipinski definition) is 1. The number of aliphatic imine (C=N–C) groups is 1. The predicted octanol–water partition coefficient (Wildman–Crippen LogP) is 3.21. The molecule has 0 aromatic rings. The average Bonchev–Trinajstić information content (AvgIpc) is 3.20. The van der Waals surface area contributed by atoms with Gasteiger partial charge >= 0.3 is 0 Å². The van der Waals surface area contributed by atoms with Crippen LogP contribution in [-0.2, 0) is 4.74 Å². The molecule has 1 saturated heterocycles. The zero-order chi connectivity index (χ0) is 15.3. The molecule has 0 atom stereocenters. The Kier molecular flexibility index (Phi) is 8.30. The normalized spacial score (nSPS) is 22.9. The van der Waals surface area contributed by atoms with Crippen LogP contribution in [0.1, 0.15) is 40.0 Å². The first-order valence-electron chi connectivity index (χ1n) is 8.16.